The molecule has 1 atom stereocenters. The number of pyridine rings is 1. The lowest BCUT2D eigenvalue weighted by atomic mass is 9.74. The molecule has 8 nitrogen and oxygen atoms in total. The van der Waals surface area contributed by atoms with Gasteiger partial charge in [0, 0.05) is 29.4 Å². The monoisotopic (exact) mass is 485 g/mol. The smallest absolute Gasteiger partial charge is 0.273 e. The van der Waals surface area contributed by atoms with Crippen LogP contribution in [0.15, 0.2) is 48.9 Å². The Hall–Kier alpha value is -3.70. The molecule has 0 spiro atoms. The van der Waals surface area contributed by atoms with E-state index in [-0.39, 0.29) is 23.9 Å². The van der Waals surface area contributed by atoms with E-state index >= 15 is 0 Å². The Morgan fingerprint density at radius 2 is 2.00 bits per heavy atom. The van der Waals surface area contributed by atoms with Crippen molar-refractivity contribution in [1.29, 1.82) is 5.26 Å². The fraction of sp³-hybridized carbons (Fsp3) is 0.346. The van der Waals surface area contributed by atoms with E-state index in [0.717, 1.165) is 35.3 Å². The van der Waals surface area contributed by atoms with Crippen molar-refractivity contribution in [1.82, 2.24) is 29.7 Å². The number of nitriles is 1. The molecule has 0 radical (unpaired) electrons. The first-order chi connectivity index (χ1) is 17.0. The third kappa shape index (κ3) is 4.17. The van der Waals surface area contributed by atoms with Gasteiger partial charge in [-0.3, -0.25) is 4.79 Å². The number of carbonyl (C=O) groups excluding carboxylic acids is 1. The number of fused-ring (bicyclic) bond motifs is 1. The first-order valence-electron chi connectivity index (χ1n) is 11.9. The molecule has 1 amide bonds. The highest BCUT2D eigenvalue weighted by Gasteiger charge is 2.33. The zero-order valence-electron chi connectivity index (χ0n) is 19.2. The van der Waals surface area contributed by atoms with E-state index in [2.05, 4.69) is 38.5 Å². The van der Waals surface area contributed by atoms with E-state index in [1.54, 1.807) is 23.0 Å². The number of benzene rings is 1. The highest BCUT2D eigenvalue weighted by molar-refractivity contribution is 6.30. The summed E-state index contributed by atoms with van der Waals surface area (Å²) >= 11 is 6.12. The standard InChI is InChI=1S/C26H24ClN7O/c1-15(18-5-7-25-30-23(16-2-3-16)13-33(25)12-18)34-14-24(31-32-34)26(35)29-21-8-19(9-21)22-10-20(27)6-4-17(22)11-28/h4-7,10,12-16,19,21H,2-3,8-9H2,1H3,(H,29,35)/t15-,19-,21+/m0/s1. The van der Waals surface area contributed by atoms with Crippen LogP contribution in [-0.4, -0.2) is 36.3 Å². The second-order valence-corrected chi connectivity index (χ2v) is 10.0. The second-order valence-electron chi connectivity index (χ2n) is 9.61. The maximum Gasteiger partial charge on any atom is 0.273 e. The largest absolute Gasteiger partial charge is 0.348 e. The average molecular weight is 486 g/mol. The van der Waals surface area contributed by atoms with Gasteiger partial charge >= 0.3 is 0 Å². The molecule has 3 heterocycles. The minimum atomic E-state index is -0.238. The zero-order chi connectivity index (χ0) is 24.1. The van der Waals surface area contributed by atoms with Gasteiger partial charge in [0.15, 0.2) is 5.69 Å². The molecule has 0 saturated heterocycles. The van der Waals surface area contributed by atoms with Crippen LogP contribution in [0.4, 0.5) is 0 Å². The lowest BCUT2D eigenvalue weighted by Gasteiger charge is -2.36. The van der Waals surface area contributed by atoms with Crippen LogP contribution in [0.3, 0.4) is 0 Å². The molecule has 1 N–H and O–H groups in total. The van der Waals surface area contributed by atoms with Crippen LogP contribution >= 0.6 is 11.6 Å². The topological polar surface area (TPSA) is 101 Å². The summed E-state index contributed by atoms with van der Waals surface area (Å²) in [5.41, 5.74) is 5.04. The van der Waals surface area contributed by atoms with Gasteiger partial charge in [-0.05, 0) is 73.9 Å². The van der Waals surface area contributed by atoms with Crippen LogP contribution < -0.4 is 5.32 Å². The first-order valence-corrected chi connectivity index (χ1v) is 12.3. The molecule has 1 aromatic carbocycles. The van der Waals surface area contributed by atoms with Crippen molar-refractivity contribution in [2.24, 2.45) is 0 Å². The van der Waals surface area contributed by atoms with E-state index < -0.39 is 0 Å². The molecule has 2 aliphatic rings. The molecule has 2 fully saturated rings. The van der Waals surface area contributed by atoms with Crippen molar-refractivity contribution in [3.05, 3.63) is 82.0 Å². The summed E-state index contributed by atoms with van der Waals surface area (Å²) in [7, 11) is 0. The van der Waals surface area contributed by atoms with E-state index in [4.69, 9.17) is 16.6 Å². The summed E-state index contributed by atoms with van der Waals surface area (Å²) in [4.78, 5) is 17.5. The van der Waals surface area contributed by atoms with E-state index in [1.807, 2.05) is 25.1 Å². The van der Waals surface area contributed by atoms with Crippen molar-refractivity contribution in [3.63, 3.8) is 0 Å². The second kappa shape index (κ2) is 8.51. The van der Waals surface area contributed by atoms with Gasteiger partial charge in [0.05, 0.1) is 29.6 Å². The maximum absolute atomic E-state index is 12.8. The van der Waals surface area contributed by atoms with Gasteiger partial charge in [-0.25, -0.2) is 9.67 Å². The molecule has 2 saturated carbocycles. The SMILES string of the molecule is C[C@@H](c1ccc2nc(C3CC3)cn2c1)n1cc(C(=O)N[C@H]2C[C@@H](c3cc(Cl)ccc3C#N)C2)nn1. The maximum atomic E-state index is 12.8. The van der Waals surface area contributed by atoms with Crippen LogP contribution in [0.25, 0.3) is 5.65 Å². The van der Waals surface area contributed by atoms with Crippen LogP contribution in [0.1, 0.15) is 83.4 Å². The summed E-state index contributed by atoms with van der Waals surface area (Å²) in [5.74, 6) is 0.581. The highest BCUT2D eigenvalue weighted by atomic mass is 35.5. The molecule has 6 rings (SSSR count). The van der Waals surface area contributed by atoms with Gasteiger partial charge in [-0.1, -0.05) is 22.9 Å². The number of imidazole rings is 1. The van der Waals surface area contributed by atoms with Crippen molar-refractivity contribution >= 4 is 23.2 Å². The van der Waals surface area contributed by atoms with Crippen molar-refractivity contribution < 1.29 is 4.79 Å². The first kappa shape index (κ1) is 21.8. The summed E-state index contributed by atoms with van der Waals surface area (Å²) in [6, 6.07) is 11.6. The predicted molar refractivity (Wildman–Crippen MR) is 130 cm³/mol. The normalized spacial score (nSPS) is 20.3. The van der Waals surface area contributed by atoms with Crippen molar-refractivity contribution in [3.8, 4) is 6.07 Å². The Bertz CT molecular complexity index is 1470. The number of nitrogens with zero attached hydrogens (tertiary/aromatic N) is 6. The van der Waals surface area contributed by atoms with Gasteiger partial charge in [0.25, 0.3) is 5.91 Å². The summed E-state index contributed by atoms with van der Waals surface area (Å²) in [5, 5.41) is 21.3. The zero-order valence-corrected chi connectivity index (χ0v) is 20.0. The number of hydrogen-bond acceptors (Lipinski definition) is 5. The van der Waals surface area contributed by atoms with Crippen molar-refractivity contribution in [2.45, 2.75) is 56.5 Å². The molecule has 35 heavy (non-hydrogen) atoms. The molecule has 0 bridgehead atoms. The molecule has 9 heteroatoms. The Morgan fingerprint density at radius 1 is 1.17 bits per heavy atom. The van der Waals surface area contributed by atoms with Crippen LogP contribution in [0.5, 0.6) is 0 Å². The Labute approximate surface area is 207 Å². The Kier molecular flexibility index (Phi) is 5.30. The van der Waals surface area contributed by atoms with Gasteiger partial charge < -0.3 is 9.72 Å². The number of rotatable bonds is 6. The Balaban J connectivity index is 1.10. The number of halogens is 1. The van der Waals surface area contributed by atoms with E-state index in [0.29, 0.717) is 22.2 Å². The van der Waals surface area contributed by atoms with Crippen LogP contribution in [0.2, 0.25) is 5.02 Å². The highest BCUT2D eigenvalue weighted by Crippen LogP contribution is 2.40. The molecule has 3 aromatic heterocycles. The molecule has 0 aliphatic heterocycles. The number of aromatic nitrogens is 5. The summed E-state index contributed by atoms with van der Waals surface area (Å²) in [6.07, 6.45) is 9.84. The molecule has 4 aromatic rings. The minimum absolute atomic E-state index is 0.0323. The average Bonchev–Trinajstić information content (AvgIpc) is 3.40. The number of carbonyl (C=O) groups is 1. The van der Waals surface area contributed by atoms with Gasteiger partial charge in [-0.15, -0.1) is 5.10 Å². The summed E-state index contributed by atoms with van der Waals surface area (Å²) < 4.78 is 3.78. The molecular weight excluding hydrogens is 462 g/mol. The summed E-state index contributed by atoms with van der Waals surface area (Å²) in [6.45, 7) is 2.03. The Morgan fingerprint density at radius 3 is 2.77 bits per heavy atom. The van der Waals surface area contributed by atoms with Crippen LogP contribution in [0, 0.1) is 11.3 Å². The number of nitrogens with one attached hydrogen (secondary N) is 1. The number of hydrogen-bond donors (Lipinski definition) is 1. The van der Waals surface area contributed by atoms with Gasteiger partial charge in [0.2, 0.25) is 0 Å². The van der Waals surface area contributed by atoms with Crippen molar-refractivity contribution in [2.75, 3.05) is 0 Å². The molecule has 176 valence electrons. The molecule has 2 aliphatic carbocycles. The quantitative estimate of drug-likeness (QED) is 0.429. The van der Waals surface area contributed by atoms with Gasteiger partial charge in [-0.2, -0.15) is 5.26 Å². The van der Waals surface area contributed by atoms with E-state index in [1.165, 1.54) is 12.8 Å². The third-order valence-corrected chi connectivity index (χ3v) is 7.39. The number of amides is 1. The minimum Gasteiger partial charge on any atom is -0.348 e. The van der Waals surface area contributed by atoms with E-state index in [9.17, 15) is 10.1 Å². The predicted octanol–water partition coefficient (Wildman–Crippen LogP) is 4.61. The lowest BCUT2D eigenvalue weighted by Crippen LogP contribution is -2.43. The van der Waals surface area contributed by atoms with Gasteiger partial charge in [0.1, 0.15) is 5.65 Å². The fourth-order valence-corrected chi connectivity index (χ4v) is 4.98. The molecule has 0 unspecified atom stereocenters. The lowest BCUT2D eigenvalue weighted by molar-refractivity contribution is 0.0903. The molecular formula is C26H24ClN7O. The van der Waals surface area contributed by atoms with Crippen LogP contribution in [-0.2, 0) is 0 Å². The third-order valence-electron chi connectivity index (χ3n) is 7.16. The fourth-order valence-electron chi connectivity index (χ4n) is 4.80.